The van der Waals surface area contributed by atoms with Crippen LogP contribution in [-0.4, -0.2) is 6.29 Å². The van der Waals surface area contributed by atoms with Gasteiger partial charge < -0.3 is 0 Å². The number of rotatable bonds is 2. The summed E-state index contributed by atoms with van der Waals surface area (Å²) in [4.78, 5) is 10.5. The zero-order chi connectivity index (χ0) is 10.8. The summed E-state index contributed by atoms with van der Waals surface area (Å²) in [5.41, 5.74) is 2.50. The molecule has 0 aliphatic carbocycles. The van der Waals surface area contributed by atoms with Crippen molar-refractivity contribution in [1.29, 1.82) is 0 Å². The first kappa shape index (κ1) is 11.0. The van der Waals surface area contributed by atoms with E-state index in [1.165, 1.54) is 5.56 Å². The van der Waals surface area contributed by atoms with E-state index in [9.17, 15) is 4.79 Å². The second kappa shape index (κ2) is 3.95. The van der Waals surface area contributed by atoms with E-state index in [0.717, 1.165) is 5.56 Å². The molecule has 1 aromatic rings. The van der Waals surface area contributed by atoms with E-state index in [1.807, 2.05) is 25.3 Å². The molecule has 0 spiro atoms. The Hall–Kier alpha value is -1.11. The van der Waals surface area contributed by atoms with E-state index in [2.05, 4.69) is 32.9 Å². The minimum atomic E-state index is -0.121. The van der Waals surface area contributed by atoms with E-state index in [1.54, 1.807) is 0 Å². The van der Waals surface area contributed by atoms with Gasteiger partial charge in [0.2, 0.25) is 6.29 Å². The summed E-state index contributed by atoms with van der Waals surface area (Å²) < 4.78 is 0. The molecule has 0 aromatic heterocycles. The van der Waals surface area contributed by atoms with Gasteiger partial charge in [0.05, 0.1) is 0 Å². The molecule has 14 heavy (non-hydrogen) atoms. The summed E-state index contributed by atoms with van der Waals surface area (Å²) in [6.45, 7) is 8.39. The molecule has 0 amide bonds. The number of hydrogen-bond donors (Lipinski definition) is 0. The lowest BCUT2D eigenvalue weighted by molar-refractivity contribution is 0.546. The highest BCUT2D eigenvalue weighted by atomic mass is 16.1. The maximum atomic E-state index is 10.5. The van der Waals surface area contributed by atoms with Crippen LogP contribution in [-0.2, 0) is 10.2 Å². The van der Waals surface area contributed by atoms with E-state index in [-0.39, 0.29) is 11.3 Å². The summed E-state index contributed by atoms with van der Waals surface area (Å²) in [6.07, 6.45) is 1.99. The largest absolute Gasteiger partial charge is 0.290 e. The quantitative estimate of drug-likeness (QED) is 0.698. The van der Waals surface area contributed by atoms with Gasteiger partial charge in [-0.3, -0.25) is 4.79 Å². The Bertz CT molecular complexity index is 303. The number of carbonyl (C=O) groups excluding carboxylic acids is 1. The summed E-state index contributed by atoms with van der Waals surface area (Å²) in [6, 6.07) is 8.19. The normalized spacial score (nSPS) is 13.7. The van der Waals surface area contributed by atoms with Gasteiger partial charge in [0.25, 0.3) is 0 Å². The number of hydrogen-bond acceptors (Lipinski definition) is 1. The van der Waals surface area contributed by atoms with Crippen LogP contribution in [0.4, 0.5) is 0 Å². The Morgan fingerprint density at radius 3 is 2.00 bits per heavy atom. The Balaban J connectivity index is 2.95. The fourth-order valence-corrected chi connectivity index (χ4v) is 1.34. The molecule has 0 heterocycles. The molecule has 1 rings (SSSR count). The van der Waals surface area contributed by atoms with Crippen LogP contribution in [0.25, 0.3) is 0 Å². The first-order valence-electron chi connectivity index (χ1n) is 4.93. The fourth-order valence-electron chi connectivity index (χ4n) is 1.34. The topological polar surface area (TPSA) is 17.1 Å². The molecular formula is C13H17O. The van der Waals surface area contributed by atoms with Gasteiger partial charge in [-0.15, -0.1) is 0 Å². The lowest BCUT2D eigenvalue weighted by Gasteiger charge is -2.19. The van der Waals surface area contributed by atoms with Crippen LogP contribution in [0.15, 0.2) is 24.3 Å². The summed E-state index contributed by atoms with van der Waals surface area (Å²) >= 11 is 0. The van der Waals surface area contributed by atoms with Crippen molar-refractivity contribution < 1.29 is 4.79 Å². The predicted molar refractivity (Wildman–Crippen MR) is 59.3 cm³/mol. The van der Waals surface area contributed by atoms with Crippen molar-refractivity contribution in [2.45, 2.75) is 39.0 Å². The van der Waals surface area contributed by atoms with Crippen molar-refractivity contribution >= 4 is 6.29 Å². The van der Waals surface area contributed by atoms with Crippen LogP contribution in [0.5, 0.6) is 0 Å². The van der Waals surface area contributed by atoms with Crippen LogP contribution in [0.3, 0.4) is 0 Å². The third-order valence-corrected chi connectivity index (χ3v) is 2.45. The van der Waals surface area contributed by atoms with Crippen molar-refractivity contribution in [3.8, 4) is 0 Å². The van der Waals surface area contributed by atoms with Gasteiger partial charge in [-0.25, -0.2) is 0 Å². The van der Waals surface area contributed by atoms with Crippen molar-refractivity contribution in [1.82, 2.24) is 0 Å². The van der Waals surface area contributed by atoms with Crippen LogP contribution in [0, 0.1) is 0 Å². The summed E-state index contributed by atoms with van der Waals surface area (Å²) in [5.74, 6) is -0.121. The monoisotopic (exact) mass is 189 g/mol. The van der Waals surface area contributed by atoms with Crippen molar-refractivity contribution in [2.24, 2.45) is 0 Å². The number of benzene rings is 1. The van der Waals surface area contributed by atoms with E-state index >= 15 is 0 Å². The first-order chi connectivity index (χ1) is 6.45. The molecule has 0 saturated heterocycles. The Labute approximate surface area is 86.1 Å². The van der Waals surface area contributed by atoms with Gasteiger partial charge in [-0.1, -0.05) is 52.0 Å². The lowest BCUT2D eigenvalue weighted by Crippen LogP contribution is -2.10. The van der Waals surface area contributed by atoms with Gasteiger partial charge >= 0.3 is 0 Å². The molecule has 1 heteroatoms. The highest BCUT2D eigenvalue weighted by Crippen LogP contribution is 2.23. The van der Waals surface area contributed by atoms with Crippen LogP contribution in [0.1, 0.15) is 44.7 Å². The maximum absolute atomic E-state index is 10.5. The van der Waals surface area contributed by atoms with Gasteiger partial charge in [0.1, 0.15) is 0 Å². The maximum Gasteiger partial charge on any atom is 0.206 e. The predicted octanol–water partition coefficient (Wildman–Crippen LogP) is 3.20. The van der Waals surface area contributed by atoms with Crippen LogP contribution in [0.2, 0.25) is 0 Å². The zero-order valence-corrected chi connectivity index (χ0v) is 9.29. The third-order valence-electron chi connectivity index (χ3n) is 2.45. The van der Waals surface area contributed by atoms with Crippen molar-refractivity contribution in [3.05, 3.63) is 35.4 Å². The van der Waals surface area contributed by atoms with Crippen molar-refractivity contribution in [2.75, 3.05) is 0 Å². The molecule has 0 N–H and O–H groups in total. The lowest BCUT2D eigenvalue weighted by atomic mass is 9.86. The smallest absolute Gasteiger partial charge is 0.206 e. The van der Waals surface area contributed by atoms with Gasteiger partial charge in [0, 0.05) is 5.92 Å². The SMILES string of the molecule is CC([C]=O)c1ccc(C(C)(C)C)cc1. The first-order valence-corrected chi connectivity index (χ1v) is 4.93. The minimum Gasteiger partial charge on any atom is -0.290 e. The van der Waals surface area contributed by atoms with Crippen molar-refractivity contribution in [3.63, 3.8) is 0 Å². The molecule has 1 aromatic carbocycles. The molecule has 75 valence electrons. The zero-order valence-electron chi connectivity index (χ0n) is 9.29. The molecule has 1 nitrogen and oxygen atoms in total. The average Bonchev–Trinajstić information content (AvgIpc) is 2.15. The van der Waals surface area contributed by atoms with E-state index < -0.39 is 0 Å². The molecule has 1 unspecified atom stereocenters. The van der Waals surface area contributed by atoms with E-state index in [0.29, 0.717) is 0 Å². The molecule has 0 fully saturated rings. The Morgan fingerprint density at radius 1 is 1.14 bits per heavy atom. The molecule has 0 aliphatic heterocycles. The van der Waals surface area contributed by atoms with Crippen LogP contribution < -0.4 is 0 Å². The second-order valence-electron chi connectivity index (χ2n) is 4.71. The van der Waals surface area contributed by atoms with Gasteiger partial charge in [-0.05, 0) is 16.5 Å². The minimum absolute atomic E-state index is 0.121. The molecule has 1 atom stereocenters. The van der Waals surface area contributed by atoms with Gasteiger partial charge in [0.15, 0.2) is 0 Å². The Morgan fingerprint density at radius 2 is 1.64 bits per heavy atom. The second-order valence-corrected chi connectivity index (χ2v) is 4.71. The highest BCUT2D eigenvalue weighted by Gasteiger charge is 2.13. The molecule has 0 aliphatic rings. The molecule has 1 radical (unpaired) electrons. The van der Waals surface area contributed by atoms with Gasteiger partial charge in [-0.2, -0.15) is 0 Å². The summed E-state index contributed by atoms with van der Waals surface area (Å²) in [7, 11) is 0. The Kier molecular flexibility index (Phi) is 3.10. The molecule has 0 saturated carbocycles. The van der Waals surface area contributed by atoms with Crippen LogP contribution >= 0.6 is 0 Å². The third kappa shape index (κ3) is 2.44. The highest BCUT2D eigenvalue weighted by molar-refractivity contribution is 5.62. The van der Waals surface area contributed by atoms with E-state index in [4.69, 9.17) is 0 Å². The molecular weight excluding hydrogens is 172 g/mol. The molecule has 0 bridgehead atoms. The standard InChI is InChI=1S/C13H17O/c1-10(9-14)11-5-7-12(8-6-11)13(2,3)4/h5-8,10H,1-4H3. The summed E-state index contributed by atoms with van der Waals surface area (Å²) in [5, 5.41) is 0. The average molecular weight is 189 g/mol. The fraction of sp³-hybridized carbons (Fsp3) is 0.462.